The first-order valence-electron chi connectivity index (χ1n) is 6.67. The van der Waals surface area contributed by atoms with Gasteiger partial charge >= 0.3 is 0 Å². The maximum Gasteiger partial charge on any atom is 0.245 e. The number of nitrogens with zero attached hydrogens (tertiary/aromatic N) is 1. The number of hydrogen-bond donors (Lipinski definition) is 1. The van der Waals surface area contributed by atoms with Crippen LogP contribution in [0.5, 0.6) is 0 Å². The van der Waals surface area contributed by atoms with Crippen molar-refractivity contribution in [1.29, 1.82) is 0 Å². The van der Waals surface area contributed by atoms with Crippen LogP contribution in [0.4, 0.5) is 0 Å². The van der Waals surface area contributed by atoms with Crippen LogP contribution in [0.15, 0.2) is 35.0 Å². The van der Waals surface area contributed by atoms with Gasteiger partial charge in [0.25, 0.3) is 0 Å². The molecule has 0 aromatic carbocycles. The van der Waals surface area contributed by atoms with Crippen LogP contribution >= 0.6 is 22.7 Å². The van der Waals surface area contributed by atoms with E-state index in [0.717, 1.165) is 9.75 Å². The van der Waals surface area contributed by atoms with E-state index in [-0.39, 0.29) is 11.8 Å². The van der Waals surface area contributed by atoms with Crippen LogP contribution in [0.2, 0.25) is 0 Å². The molecular formula is C15H18N2O2S2. The summed E-state index contributed by atoms with van der Waals surface area (Å²) in [7, 11) is 0. The Labute approximate surface area is 132 Å². The van der Waals surface area contributed by atoms with E-state index < -0.39 is 6.04 Å². The van der Waals surface area contributed by atoms with E-state index >= 15 is 0 Å². The summed E-state index contributed by atoms with van der Waals surface area (Å²) in [6.45, 7) is 4.28. The van der Waals surface area contributed by atoms with E-state index in [2.05, 4.69) is 5.32 Å². The summed E-state index contributed by atoms with van der Waals surface area (Å²) in [5.41, 5.74) is 0. The molecule has 6 heteroatoms. The van der Waals surface area contributed by atoms with Gasteiger partial charge in [-0.1, -0.05) is 12.1 Å². The normalized spacial score (nSPS) is 11.9. The van der Waals surface area contributed by atoms with Crippen LogP contribution in [0.3, 0.4) is 0 Å². The Balaban J connectivity index is 2.10. The van der Waals surface area contributed by atoms with Crippen LogP contribution in [0.1, 0.15) is 23.6 Å². The third kappa shape index (κ3) is 4.68. The van der Waals surface area contributed by atoms with Crippen molar-refractivity contribution in [2.45, 2.75) is 33.0 Å². The second-order valence-electron chi connectivity index (χ2n) is 4.78. The third-order valence-electron chi connectivity index (χ3n) is 2.96. The standard InChI is InChI=1S/C15H18N2O2S2/c1-11(16-12(2)18)15(19)17(9-13-5-3-7-20-13)10-14-6-4-8-21-14/h3-8,11H,9-10H2,1-2H3,(H,16,18). The summed E-state index contributed by atoms with van der Waals surface area (Å²) in [5, 5.41) is 6.66. The predicted molar refractivity (Wildman–Crippen MR) is 86.2 cm³/mol. The molecule has 2 aromatic rings. The topological polar surface area (TPSA) is 49.4 Å². The zero-order chi connectivity index (χ0) is 15.2. The number of rotatable bonds is 6. The van der Waals surface area contributed by atoms with Crippen LogP contribution < -0.4 is 5.32 Å². The molecule has 112 valence electrons. The highest BCUT2D eigenvalue weighted by atomic mass is 32.1. The van der Waals surface area contributed by atoms with E-state index in [1.165, 1.54) is 6.92 Å². The Bertz CT molecular complexity index is 543. The summed E-state index contributed by atoms with van der Waals surface area (Å²) < 4.78 is 0. The molecule has 0 saturated heterocycles. The van der Waals surface area contributed by atoms with Crippen molar-refractivity contribution in [2.75, 3.05) is 0 Å². The van der Waals surface area contributed by atoms with Crippen molar-refractivity contribution in [3.05, 3.63) is 44.8 Å². The first-order valence-corrected chi connectivity index (χ1v) is 8.43. The van der Waals surface area contributed by atoms with Gasteiger partial charge in [0.05, 0.1) is 13.1 Å². The van der Waals surface area contributed by atoms with Gasteiger partial charge in [0.1, 0.15) is 6.04 Å². The maximum absolute atomic E-state index is 12.6. The Hall–Kier alpha value is -1.66. The van der Waals surface area contributed by atoms with Crippen molar-refractivity contribution in [2.24, 2.45) is 0 Å². The number of thiophene rings is 2. The molecule has 0 aliphatic carbocycles. The lowest BCUT2D eigenvalue weighted by Gasteiger charge is -2.25. The van der Waals surface area contributed by atoms with Crippen LogP contribution in [0, 0.1) is 0 Å². The molecule has 1 unspecified atom stereocenters. The average Bonchev–Trinajstić information content (AvgIpc) is 3.09. The van der Waals surface area contributed by atoms with Gasteiger partial charge in [-0.25, -0.2) is 0 Å². The van der Waals surface area contributed by atoms with Gasteiger partial charge in [-0.2, -0.15) is 0 Å². The molecule has 21 heavy (non-hydrogen) atoms. The molecule has 0 aliphatic rings. The fourth-order valence-corrected chi connectivity index (χ4v) is 3.47. The molecule has 1 N–H and O–H groups in total. The fraction of sp³-hybridized carbons (Fsp3) is 0.333. The zero-order valence-electron chi connectivity index (χ0n) is 12.0. The lowest BCUT2D eigenvalue weighted by Crippen LogP contribution is -2.45. The van der Waals surface area contributed by atoms with E-state index in [0.29, 0.717) is 13.1 Å². The summed E-state index contributed by atoms with van der Waals surface area (Å²) in [6.07, 6.45) is 0. The Kier molecular flexibility index (Phi) is 5.52. The van der Waals surface area contributed by atoms with E-state index in [9.17, 15) is 9.59 Å². The van der Waals surface area contributed by atoms with Crippen LogP contribution in [-0.4, -0.2) is 22.8 Å². The highest BCUT2D eigenvalue weighted by Crippen LogP contribution is 2.18. The molecular weight excluding hydrogens is 304 g/mol. The van der Waals surface area contributed by atoms with Crippen molar-refractivity contribution in [3.63, 3.8) is 0 Å². The molecule has 0 aliphatic heterocycles. The summed E-state index contributed by atoms with van der Waals surface area (Å²) in [5.74, 6) is -0.255. The van der Waals surface area contributed by atoms with Gasteiger partial charge in [0, 0.05) is 16.7 Å². The number of carbonyl (C=O) groups excluding carboxylic acids is 2. The summed E-state index contributed by atoms with van der Waals surface area (Å²) in [6, 6.07) is 7.48. The highest BCUT2D eigenvalue weighted by molar-refractivity contribution is 7.10. The van der Waals surface area contributed by atoms with Gasteiger partial charge in [-0.3, -0.25) is 9.59 Å². The molecule has 2 heterocycles. The Morgan fingerprint density at radius 1 is 1.14 bits per heavy atom. The van der Waals surface area contributed by atoms with Crippen molar-refractivity contribution in [1.82, 2.24) is 10.2 Å². The molecule has 0 fully saturated rings. The lowest BCUT2D eigenvalue weighted by molar-refractivity contribution is -0.136. The highest BCUT2D eigenvalue weighted by Gasteiger charge is 2.22. The third-order valence-corrected chi connectivity index (χ3v) is 4.68. The average molecular weight is 322 g/mol. The van der Waals surface area contributed by atoms with Crippen molar-refractivity contribution < 1.29 is 9.59 Å². The minimum atomic E-state index is -0.512. The molecule has 4 nitrogen and oxygen atoms in total. The van der Waals surface area contributed by atoms with Crippen molar-refractivity contribution >= 4 is 34.5 Å². The van der Waals surface area contributed by atoms with E-state index in [1.807, 2.05) is 35.0 Å². The predicted octanol–water partition coefficient (Wildman–Crippen LogP) is 2.86. The van der Waals surface area contributed by atoms with Gasteiger partial charge in [0.2, 0.25) is 11.8 Å². The summed E-state index contributed by atoms with van der Waals surface area (Å²) in [4.78, 5) is 27.7. The zero-order valence-corrected chi connectivity index (χ0v) is 13.7. The fourth-order valence-electron chi connectivity index (χ4n) is 2.03. The number of nitrogens with one attached hydrogen (secondary N) is 1. The monoisotopic (exact) mass is 322 g/mol. The van der Waals surface area contributed by atoms with E-state index in [4.69, 9.17) is 0 Å². The van der Waals surface area contributed by atoms with Gasteiger partial charge < -0.3 is 10.2 Å². The summed E-state index contributed by atoms with van der Waals surface area (Å²) >= 11 is 3.26. The Morgan fingerprint density at radius 3 is 2.05 bits per heavy atom. The van der Waals surface area contributed by atoms with Crippen molar-refractivity contribution in [3.8, 4) is 0 Å². The molecule has 2 rings (SSSR count). The molecule has 0 spiro atoms. The molecule has 0 radical (unpaired) electrons. The number of hydrogen-bond acceptors (Lipinski definition) is 4. The second kappa shape index (κ2) is 7.38. The Morgan fingerprint density at radius 2 is 1.67 bits per heavy atom. The minimum absolute atomic E-state index is 0.0630. The molecule has 0 saturated carbocycles. The van der Waals surface area contributed by atoms with Crippen LogP contribution in [-0.2, 0) is 22.7 Å². The number of amides is 2. The molecule has 2 aromatic heterocycles. The molecule has 2 amide bonds. The van der Waals surface area contributed by atoms with Gasteiger partial charge in [-0.15, -0.1) is 22.7 Å². The maximum atomic E-state index is 12.6. The smallest absolute Gasteiger partial charge is 0.245 e. The first-order chi connectivity index (χ1) is 10.1. The first kappa shape index (κ1) is 15.7. The SMILES string of the molecule is CC(=O)NC(C)C(=O)N(Cc1cccs1)Cc1cccs1. The largest absolute Gasteiger partial charge is 0.345 e. The van der Waals surface area contributed by atoms with Gasteiger partial charge in [-0.05, 0) is 29.8 Å². The minimum Gasteiger partial charge on any atom is -0.345 e. The van der Waals surface area contributed by atoms with Gasteiger partial charge in [0.15, 0.2) is 0 Å². The lowest BCUT2D eigenvalue weighted by atomic mass is 10.2. The second-order valence-corrected chi connectivity index (χ2v) is 6.84. The molecule has 0 bridgehead atoms. The van der Waals surface area contributed by atoms with Crippen LogP contribution in [0.25, 0.3) is 0 Å². The van der Waals surface area contributed by atoms with E-state index in [1.54, 1.807) is 34.5 Å². The molecule has 1 atom stereocenters. The quantitative estimate of drug-likeness (QED) is 0.889. The number of carbonyl (C=O) groups is 2.